The number of aryl methyl sites for hydroxylation is 2. The number of hydrogen-bond donors (Lipinski definition) is 2. The van der Waals surface area contributed by atoms with Crippen LogP contribution in [-0.4, -0.2) is 57.4 Å². The number of phenolic OH excluding ortho intramolecular Hbond substituents is 2. The molecule has 1 heterocycles. The van der Waals surface area contributed by atoms with Crippen LogP contribution in [0, 0.1) is 0 Å². The van der Waals surface area contributed by atoms with E-state index in [9.17, 15) is 10.2 Å². The lowest BCUT2D eigenvalue weighted by Gasteiger charge is -2.02. The summed E-state index contributed by atoms with van der Waals surface area (Å²) in [7, 11) is 0. The second kappa shape index (κ2) is 19.1. The molecule has 0 fully saturated rings. The molecule has 5 aromatic rings. The van der Waals surface area contributed by atoms with E-state index in [4.69, 9.17) is 0 Å². The number of aliphatic imine (C=N–C) groups is 2. The Morgan fingerprint density at radius 1 is 0.520 bits per heavy atom. The molecule has 0 aliphatic rings. The predicted octanol–water partition coefficient (Wildman–Crippen LogP) is 10.3. The van der Waals surface area contributed by atoms with Crippen LogP contribution in [0.1, 0.15) is 36.1 Å². The molecule has 254 valence electrons. The maximum Gasteiger partial charge on any atom is 0.124 e. The van der Waals surface area contributed by atoms with E-state index in [0.29, 0.717) is 47.1 Å². The SMILES string of the molecule is CCc1ccc(N=Nc2ccc(O)c(C=NCCSc3ccc(SCCN=Cc4cc(N=Nc5ccc(CC)cc5)ccc4O)nn3)c2)cc1. The molecule has 0 saturated carbocycles. The van der Waals surface area contributed by atoms with Crippen molar-refractivity contribution >= 4 is 58.7 Å². The van der Waals surface area contributed by atoms with Crippen LogP contribution in [0.15, 0.2) is 138 Å². The van der Waals surface area contributed by atoms with Crippen molar-refractivity contribution in [3.8, 4) is 11.5 Å². The Morgan fingerprint density at radius 2 is 0.900 bits per heavy atom. The molecule has 50 heavy (non-hydrogen) atoms. The van der Waals surface area contributed by atoms with Crippen LogP contribution in [0.2, 0.25) is 0 Å². The Kier molecular flexibility index (Phi) is 13.8. The summed E-state index contributed by atoms with van der Waals surface area (Å²) in [5.74, 6) is 1.69. The van der Waals surface area contributed by atoms with E-state index in [-0.39, 0.29) is 11.5 Å². The Bertz CT molecular complexity index is 1800. The molecule has 0 aliphatic heterocycles. The Hall–Kier alpha value is -5.20. The molecule has 0 unspecified atom stereocenters. The summed E-state index contributed by atoms with van der Waals surface area (Å²) < 4.78 is 0. The van der Waals surface area contributed by atoms with Crippen molar-refractivity contribution in [2.24, 2.45) is 30.4 Å². The third kappa shape index (κ3) is 11.5. The molecule has 5 rings (SSSR count). The quantitative estimate of drug-likeness (QED) is 0.0454. The highest BCUT2D eigenvalue weighted by molar-refractivity contribution is 7.99. The third-order valence-corrected chi connectivity index (χ3v) is 9.09. The van der Waals surface area contributed by atoms with E-state index in [1.807, 2.05) is 60.7 Å². The van der Waals surface area contributed by atoms with Gasteiger partial charge in [-0.05, 0) is 96.8 Å². The number of nitrogens with zero attached hydrogens (tertiary/aromatic N) is 8. The molecule has 0 bridgehead atoms. The van der Waals surface area contributed by atoms with Crippen molar-refractivity contribution in [1.29, 1.82) is 0 Å². The van der Waals surface area contributed by atoms with Crippen LogP contribution in [0.3, 0.4) is 0 Å². The monoisotopic (exact) mass is 702 g/mol. The van der Waals surface area contributed by atoms with Crippen LogP contribution in [0.4, 0.5) is 22.7 Å². The molecule has 2 N–H and O–H groups in total. The molecular weight excluding hydrogens is 665 g/mol. The largest absolute Gasteiger partial charge is 0.507 e. The van der Waals surface area contributed by atoms with Gasteiger partial charge >= 0.3 is 0 Å². The minimum atomic E-state index is 0.136. The second-order valence-corrected chi connectivity index (χ2v) is 13.1. The van der Waals surface area contributed by atoms with Crippen molar-refractivity contribution in [3.05, 3.63) is 119 Å². The fourth-order valence-corrected chi connectivity index (χ4v) is 5.77. The number of benzene rings is 4. The summed E-state index contributed by atoms with van der Waals surface area (Å²) in [6, 6.07) is 29.9. The highest BCUT2D eigenvalue weighted by Gasteiger charge is 2.04. The molecule has 0 amide bonds. The van der Waals surface area contributed by atoms with Crippen molar-refractivity contribution in [2.75, 3.05) is 24.6 Å². The van der Waals surface area contributed by atoms with Gasteiger partial charge in [0.1, 0.15) is 21.6 Å². The molecule has 0 atom stereocenters. The average Bonchev–Trinajstić information content (AvgIpc) is 3.15. The van der Waals surface area contributed by atoms with Gasteiger partial charge in [0.25, 0.3) is 0 Å². The van der Waals surface area contributed by atoms with E-state index < -0.39 is 0 Å². The summed E-state index contributed by atoms with van der Waals surface area (Å²) in [4.78, 5) is 8.92. The highest BCUT2D eigenvalue weighted by atomic mass is 32.2. The van der Waals surface area contributed by atoms with E-state index in [1.165, 1.54) is 11.1 Å². The van der Waals surface area contributed by atoms with Crippen LogP contribution >= 0.6 is 23.5 Å². The summed E-state index contributed by atoms with van der Waals surface area (Å²) in [6.45, 7) is 5.32. The zero-order chi connectivity index (χ0) is 35.0. The molecule has 0 radical (unpaired) electrons. The van der Waals surface area contributed by atoms with Gasteiger partial charge in [0.15, 0.2) is 0 Å². The maximum atomic E-state index is 10.3. The first kappa shape index (κ1) is 36.1. The number of aromatic hydroxyl groups is 2. The minimum Gasteiger partial charge on any atom is -0.507 e. The number of aromatic nitrogens is 2. The number of azo groups is 2. The second-order valence-electron chi connectivity index (χ2n) is 10.9. The summed E-state index contributed by atoms with van der Waals surface area (Å²) in [5.41, 5.74) is 6.48. The van der Waals surface area contributed by atoms with Crippen molar-refractivity contribution in [3.63, 3.8) is 0 Å². The van der Waals surface area contributed by atoms with Gasteiger partial charge in [0.05, 0.1) is 22.7 Å². The molecule has 4 aromatic carbocycles. The van der Waals surface area contributed by atoms with E-state index in [0.717, 1.165) is 34.3 Å². The molecule has 0 spiro atoms. The predicted molar refractivity (Wildman–Crippen MR) is 205 cm³/mol. The van der Waals surface area contributed by atoms with Gasteiger partial charge in [-0.1, -0.05) is 38.1 Å². The molecule has 1 aromatic heterocycles. The van der Waals surface area contributed by atoms with E-state index in [1.54, 1.807) is 72.4 Å². The van der Waals surface area contributed by atoms with Crippen molar-refractivity contribution < 1.29 is 10.2 Å². The van der Waals surface area contributed by atoms with Crippen molar-refractivity contribution in [2.45, 2.75) is 36.7 Å². The third-order valence-electron chi connectivity index (χ3n) is 7.29. The van der Waals surface area contributed by atoms with Gasteiger partial charge < -0.3 is 10.2 Å². The number of phenols is 2. The van der Waals surface area contributed by atoms with Crippen molar-refractivity contribution in [1.82, 2.24) is 10.2 Å². The average molecular weight is 703 g/mol. The first-order valence-corrected chi connectivity index (χ1v) is 18.2. The number of hydrogen-bond acceptors (Lipinski definition) is 12. The van der Waals surface area contributed by atoms with Crippen LogP contribution in [0.5, 0.6) is 11.5 Å². The number of thioether (sulfide) groups is 2. The Labute approximate surface area is 300 Å². The molecule has 10 nitrogen and oxygen atoms in total. The maximum absolute atomic E-state index is 10.3. The van der Waals surface area contributed by atoms with Crippen LogP contribution in [-0.2, 0) is 12.8 Å². The normalized spacial score (nSPS) is 11.9. The Morgan fingerprint density at radius 3 is 1.28 bits per heavy atom. The highest BCUT2D eigenvalue weighted by Crippen LogP contribution is 2.26. The molecular formula is C38H38N8O2S2. The van der Waals surface area contributed by atoms with E-state index >= 15 is 0 Å². The zero-order valence-electron chi connectivity index (χ0n) is 27.9. The first-order valence-electron chi connectivity index (χ1n) is 16.3. The van der Waals surface area contributed by atoms with Gasteiger partial charge in [-0.25, -0.2) is 0 Å². The smallest absolute Gasteiger partial charge is 0.124 e. The summed E-state index contributed by atoms with van der Waals surface area (Å²) in [5, 5.41) is 47.9. The lowest BCUT2D eigenvalue weighted by atomic mass is 10.2. The molecule has 12 heteroatoms. The molecule has 0 saturated heterocycles. The topological polar surface area (TPSA) is 140 Å². The fourth-order valence-electron chi connectivity index (χ4n) is 4.44. The lowest BCUT2D eigenvalue weighted by molar-refractivity contribution is 0.474. The Balaban J connectivity index is 1.02. The van der Waals surface area contributed by atoms with Gasteiger partial charge in [-0.3, -0.25) is 9.98 Å². The van der Waals surface area contributed by atoms with E-state index in [2.05, 4.69) is 54.5 Å². The number of rotatable bonds is 16. The minimum absolute atomic E-state index is 0.136. The fraction of sp³-hybridized carbons (Fsp3) is 0.211. The lowest BCUT2D eigenvalue weighted by Crippen LogP contribution is -1.93. The van der Waals surface area contributed by atoms with Gasteiger partial charge in [-0.15, -0.1) is 33.7 Å². The van der Waals surface area contributed by atoms with Gasteiger partial charge in [0.2, 0.25) is 0 Å². The van der Waals surface area contributed by atoms with Gasteiger partial charge in [-0.2, -0.15) is 20.5 Å². The summed E-state index contributed by atoms with van der Waals surface area (Å²) in [6.07, 6.45) is 5.25. The molecule has 0 aliphatic carbocycles. The summed E-state index contributed by atoms with van der Waals surface area (Å²) >= 11 is 3.12. The first-order chi connectivity index (χ1) is 24.5. The van der Waals surface area contributed by atoms with Crippen LogP contribution < -0.4 is 0 Å². The standard InChI is InChI=1S/C38H38N8O2S2/c1-3-27-5-9-31(10-6-27)41-43-33-13-15-35(47)29(23-33)25-39-19-21-49-37-17-18-38(46-45-37)50-22-20-40-26-30-24-34(14-16-36(30)48)44-42-32-11-7-28(4-2)8-12-32/h5-18,23-26,47-48H,3-4,19-22H2,1-2H3. The zero-order valence-corrected chi connectivity index (χ0v) is 29.6. The van der Waals surface area contributed by atoms with Gasteiger partial charge in [0, 0.05) is 48.2 Å². The van der Waals surface area contributed by atoms with Crippen LogP contribution in [0.25, 0.3) is 0 Å².